The summed E-state index contributed by atoms with van der Waals surface area (Å²) < 4.78 is 32.8. The predicted molar refractivity (Wildman–Crippen MR) is 100.0 cm³/mol. The second kappa shape index (κ2) is 7.88. The molecule has 6 nitrogen and oxygen atoms in total. The van der Waals surface area contributed by atoms with Gasteiger partial charge in [-0.3, -0.25) is 4.79 Å². The van der Waals surface area contributed by atoms with Crippen molar-refractivity contribution in [1.82, 2.24) is 4.72 Å². The maximum absolute atomic E-state index is 12.5. The van der Waals surface area contributed by atoms with Crippen LogP contribution in [0.2, 0.25) is 0 Å². The Morgan fingerprint density at radius 3 is 2.65 bits per heavy atom. The highest BCUT2D eigenvalue weighted by Crippen LogP contribution is 2.23. The summed E-state index contributed by atoms with van der Waals surface area (Å²) in [6.07, 6.45) is 2.62. The highest BCUT2D eigenvalue weighted by Gasteiger charge is 2.28. The van der Waals surface area contributed by atoms with E-state index in [1.165, 1.54) is 12.1 Å². The summed E-state index contributed by atoms with van der Waals surface area (Å²) in [6.45, 7) is 2.59. The number of amides is 1. The van der Waals surface area contributed by atoms with Gasteiger partial charge in [0.05, 0.1) is 11.5 Å². The minimum atomic E-state index is -3.56. The van der Waals surface area contributed by atoms with Crippen LogP contribution < -0.4 is 14.8 Å². The van der Waals surface area contributed by atoms with Crippen LogP contribution in [0.15, 0.2) is 53.4 Å². The number of nitrogens with one attached hydrogen (secondary N) is 2. The van der Waals surface area contributed by atoms with Gasteiger partial charge >= 0.3 is 0 Å². The number of carbonyl (C=O) groups is 1. The number of carbonyl (C=O) groups excluding carboxylic acids is 1. The zero-order valence-electron chi connectivity index (χ0n) is 14.6. The van der Waals surface area contributed by atoms with Gasteiger partial charge in [0, 0.05) is 17.3 Å². The molecule has 2 aromatic rings. The minimum absolute atomic E-state index is 0.0316. The van der Waals surface area contributed by atoms with Crippen molar-refractivity contribution < 1.29 is 17.9 Å². The second-order valence-corrected chi connectivity index (χ2v) is 7.97. The summed E-state index contributed by atoms with van der Waals surface area (Å²) in [6, 6.07) is 13.2. The van der Waals surface area contributed by atoms with Crippen molar-refractivity contribution in [3.05, 3.63) is 54.1 Å². The fourth-order valence-corrected chi connectivity index (χ4v) is 3.73. The van der Waals surface area contributed by atoms with Crippen LogP contribution in [0.1, 0.15) is 36.5 Å². The summed E-state index contributed by atoms with van der Waals surface area (Å²) in [5, 5.41) is 2.74. The van der Waals surface area contributed by atoms with Crippen molar-refractivity contribution >= 4 is 21.6 Å². The van der Waals surface area contributed by atoms with Gasteiger partial charge in [-0.15, -0.1) is 0 Å². The molecule has 2 N–H and O–H groups in total. The largest absolute Gasteiger partial charge is 0.494 e. The number of ether oxygens (including phenoxy) is 1. The molecule has 3 rings (SSSR count). The van der Waals surface area contributed by atoms with Crippen LogP contribution in [-0.2, 0) is 10.0 Å². The fraction of sp³-hybridized carbons (Fsp3) is 0.316. The van der Waals surface area contributed by atoms with E-state index >= 15 is 0 Å². The molecule has 0 aromatic heterocycles. The summed E-state index contributed by atoms with van der Waals surface area (Å²) in [5.74, 6) is 0.307. The first kappa shape index (κ1) is 18.4. The molecule has 7 heteroatoms. The number of rotatable bonds is 8. The molecule has 138 valence electrons. The maximum atomic E-state index is 12.5. The van der Waals surface area contributed by atoms with E-state index in [2.05, 4.69) is 10.0 Å². The van der Waals surface area contributed by atoms with Gasteiger partial charge in [0.1, 0.15) is 5.75 Å². The minimum Gasteiger partial charge on any atom is -0.494 e. The first-order valence-corrected chi connectivity index (χ1v) is 10.1. The van der Waals surface area contributed by atoms with Crippen LogP contribution in [0.25, 0.3) is 0 Å². The molecule has 0 unspecified atom stereocenters. The van der Waals surface area contributed by atoms with Crippen molar-refractivity contribution in [2.24, 2.45) is 0 Å². The molecule has 1 fully saturated rings. The molecule has 0 spiro atoms. The summed E-state index contributed by atoms with van der Waals surface area (Å²) in [4.78, 5) is 12.6. The van der Waals surface area contributed by atoms with E-state index < -0.39 is 10.0 Å². The Morgan fingerprint density at radius 2 is 1.92 bits per heavy atom. The van der Waals surface area contributed by atoms with E-state index in [1.54, 1.807) is 36.4 Å². The van der Waals surface area contributed by atoms with Crippen molar-refractivity contribution in [2.45, 2.75) is 37.1 Å². The van der Waals surface area contributed by atoms with Crippen LogP contribution >= 0.6 is 0 Å². The molecule has 2 aromatic carbocycles. The van der Waals surface area contributed by atoms with Gasteiger partial charge in [-0.25, -0.2) is 13.1 Å². The van der Waals surface area contributed by atoms with Crippen molar-refractivity contribution in [2.75, 3.05) is 11.9 Å². The molecule has 0 heterocycles. The van der Waals surface area contributed by atoms with Crippen LogP contribution in [0.4, 0.5) is 5.69 Å². The topological polar surface area (TPSA) is 84.5 Å². The lowest BCUT2D eigenvalue weighted by atomic mass is 10.2. The number of benzene rings is 2. The normalized spacial score (nSPS) is 14.0. The highest BCUT2D eigenvalue weighted by atomic mass is 32.2. The first-order valence-electron chi connectivity index (χ1n) is 8.64. The Labute approximate surface area is 153 Å². The molecule has 26 heavy (non-hydrogen) atoms. The van der Waals surface area contributed by atoms with Crippen LogP contribution in [0, 0.1) is 0 Å². The Morgan fingerprint density at radius 1 is 1.15 bits per heavy atom. The second-order valence-electron chi connectivity index (χ2n) is 6.25. The Kier molecular flexibility index (Phi) is 5.58. The quantitative estimate of drug-likeness (QED) is 0.743. The number of hydrogen-bond acceptors (Lipinski definition) is 4. The van der Waals surface area contributed by atoms with Crippen molar-refractivity contribution in [1.29, 1.82) is 0 Å². The SMILES string of the molecule is CCCOc1cccc(C(=O)Nc2cccc(S(=O)(=O)NC3CC3)c2)c1. The smallest absolute Gasteiger partial charge is 0.255 e. The van der Waals surface area contributed by atoms with E-state index in [0.29, 0.717) is 23.6 Å². The molecule has 0 radical (unpaired) electrons. The summed E-state index contributed by atoms with van der Waals surface area (Å²) >= 11 is 0. The van der Waals surface area contributed by atoms with Gasteiger partial charge in [-0.2, -0.15) is 0 Å². The predicted octanol–water partition coefficient (Wildman–Crippen LogP) is 3.17. The number of hydrogen-bond donors (Lipinski definition) is 2. The van der Waals surface area contributed by atoms with Gasteiger partial charge in [-0.05, 0) is 55.7 Å². The summed E-state index contributed by atoms with van der Waals surface area (Å²) in [7, 11) is -3.56. The molecule has 1 saturated carbocycles. The summed E-state index contributed by atoms with van der Waals surface area (Å²) in [5.41, 5.74) is 0.872. The number of anilines is 1. The molecule has 0 atom stereocenters. The average Bonchev–Trinajstić information content (AvgIpc) is 3.44. The van der Waals surface area contributed by atoms with E-state index in [-0.39, 0.29) is 16.8 Å². The van der Waals surface area contributed by atoms with Crippen molar-refractivity contribution in [3.8, 4) is 5.75 Å². The average molecular weight is 374 g/mol. The molecular weight excluding hydrogens is 352 g/mol. The van der Waals surface area contributed by atoms with E-state index in [1.807, 2.05) is 6.92 Å². The van der Waals surface area contributed by atoms with E-state index in [9.17, 15) is 13.2 Å². The zero-order valence-corrected chi connectivity index (χ0v) is 15.4. The van der Waals surface area contributed by atoms with Gasteiger partial charge in [0.15, 0.2) is 0 Å². The molecule has 1 aliphatic carbocycles. The lowest BCUT2D eigenvalue weighted by molar-refractivity contribution is 0.102. The fourth-order valence-electron chi connectivity index (χ4n) is 2.38. The van der Waals surface area contributed by atoms with Gasteiger partial charge < -0.3 is 10.1 Å². The van der Waals surface area contributed by atoms with E-state index in [0.717, 1.165) is 19.3 Å². The third-order valence-corrected chi connectivity index (χ3v) is 5.39. The van der Waals surface area contributed by atoms with Gasteiger partial charge in [0.25, 0.3) is 5.91 Å². The molecule has 0 bridgehead atoms. The number of sulfonamides is 1. The standard InChI is InChI=1S/C19H22N2O4S/c1-2-11-25-17-7-3-5-14(12-17)19(22)20-16-6-4-8-18(13-16)26(23,24)21-15-9-10-15/h3-8,12-13,15,21H,2,9-11H2,1H3,(H,20,22). The zero-order chi connectivity index (χ0) is 18.6. The first-order chi connectivity index (χ1) is 12.5. The Hall–Kier alpha value is -2.38. The Bertz CT molecular complexity index is 892. The molecule has 1 amide bonds. The highest BCUT2D eigenvalue weighted by molar-refractivity contribution is 7.89. The Balaban J connectivity index is 1.72. The molecule has 0 aliphatic heterocycles. The van der Waals surface area contributed by atoms with E-state index in [4.69, 9.17) is 4.74 Å². The monoisotopic (exact) mass is 374 g/mol. The van der Waals surface area contributed by atoms with Crippen LogP contribution in [-0.4, -0.2) is 27.0 Å². The molecular formula is C19H22N2O4S. The lowest BCUT2D eigenvalue weighted by Crippen LogP contribution is -2.25. The van der Waals surface area contributed by atoms with Crippen LogP contribution in [0.3, 0.4) is 0 Å². The molecule has 0 saturated heterocycles. The lowest BCUT2D eigenvalue weighted by Gasteiger charge is -2.10. The van der Waals surface area contributed by atoms with Crippen molar-refractivity contribution in [3.63, 3.8) is 0 Å². The van der Waals surface area contributed by atoms with Gasteiger partial charge in [-0.1, -0.05) is 19.1 Å². The van der Waals surface area contributed by atoms with Gasteiger partial charge in [0.2, 0.25) is 10.0 Å². The third kappa shape index (κ3) is 4.83. The third-order valence-electron chi connectivity index (χ3n) is 3.87. The maximum Gasteiger partial charge on any atom is 0.255 e. The molecule has 1 aliphatic rings. The van der Waals surface area contributed by atoms with Crippen LogP contribution in [0.5, 0.6) is 5.75 Å².